The van der Waals surface area contributed by atoms with E-state index in [1.807, 2.05) is 26.2 Å². The summed E-state index contributed by atoms with van der Waals surface area (Å²) in [5.74, 6) is 0.511. The highest BCUT2D eigenvalue weighted by atomic mass is 16.3. The van der Waals surface area contributed by atoms with Gasteiger partial charge in [0.2, 0.25) is 0 Å². The maximum atomic E-state index is 10.6. The van der Waals surface area contributed by atoms with E-state index in [0.717, 1.165) is 18.4 Å². The van der Waals surface area contributed by atoms with Crippen LogP contribution in [0, 0.1) is 0 Å². The van der Waals surface area contributed by atoms with Gasteiger partial charge in [0.25, 0.3) is 0 Å². The van der Waals surface area contributed by atoms with E-state index in [2.05, 4.69) is 23.7 Å². The van der Waals surface area contributed by atoms with Crippen molar-refractivity contribution in [2.24, 2.45) is 0 Å². The molecule has 18 heavy (non-hydrogen) atoms. The molecule has 0 aromatic carbocycles. The van der Waals surface area contributed by atoms with Gasteiger partial charge in [-0.2, -0.15) is 0 Å². The predicted octanol–water partition coefficient (Wildman–Crippen LogP) is 1.69. The number of aromatic nitrogens is 1. The normalized spacial score (nSPS) is 13.9. The fraction of sp³-hybridized carbons (Fsp3) is 0.643. The van der Waals surface area contributed by atoms with E-state index >= 15 is 0 Å². The molecule has 1 rings (SSSR count). The van der Waals surface area contributed by atoms with Crippen molar-refractivity contribution in [2.45, 2.75) is 44.8 Å². The lowest BCUT2D eigenvalue weighted by Gasteiger charge is -2.42. The second-order valence-electron chi connectivity index (χ2n) is 4.97. The van der Waals surface area contributed by atoms with Crippen LogP contribution in [-0.2, 0) is 6.42 Å². The molecule has 4 nitrogen and oxygen atoms in total. The molecule has 0 radical (unpaired) electrons. The van der Waals surface area contributed by atoms with E-state index in [-0.39, 0.29) is 5.54 Å². The summed E-state index contributed by atoms with van der Waals surface area (Å²) in [6.07, 6.45) is 3.56. The third-order valence-corrected chi connectivity index (χ3v) is 4.07. The molecule has 0 aliphatic rings. The Morgan fingerprint density at radius 3 is 2.44 bits per heavy atom. The third kappa shape index (κ3) is 2.82. The molecule has 4 heteroatoms. The highest BCUT2D eigenvalue weighted by molar-refractivity contribution is 5.39. The number of aliphatic hydroxyl groups is 1. The zero-order chi connectivity index (χ0) is 13.8. The van der Waals surface area contributed by atoms with Gasteiger partial charge in [0.1, 0.15) is 5.82 Å². The predicted molar refractivity (Wildman–Crippen MR) is 75.4 cm³/mol. The van der Waals surface area contributed by atoms with Crippen molar-refractivity contribution in [1.82, 2.24) is 9.88 Å². The summed E-state index contributed by atoms with van der Waals surface area (Å²) in [6.45, 7) is 4.22. The lowest BCUT2D eigenvalue weighted by molar-refractivity contribution is -0.0125. The van der Waals surface area contributed by atoms with Crippen LogP contribution in [0.1, 0.15) is 32.3 Å². The van der Waals surface area contributed by atoms with Crippen molar-refractivity contribution in [2.75, 3.05) is 19.8 Å². The van der Waals surface area contributed by atoms with Crippen LogP contribution < -0.4 is 5.73 Å². The third-order valence-electron chi connectivity index (χ3n) is 4.07. The standard InChI is InChI=1S/C14H25N3O/c1-5-14(6-2,17(3)4)12(18)10-11-8-7-9-16-13(11)15/h7-9,12,18H,5-6,10H2,1-4H3,(H2,15,16). The van der Waals surface area contributed by atoms with Gasteiger partial charge in [0.05, 0.1) is 6.10 Å². The Labute approximate surface area is 110 Å². The molecular formula is C14H25N3O. The van der Waals surface area contributed by atoms with Crippen LogP contribution in [0.15, 0.2) is 18.3 Å². The summed E-state index contributed by atoms with van der Waals surface area (Å²) in [6, 6.07) is 3.78. The lowest BCUT2D eigenvalue weighted by atomic mass is 9.82. The summed E-state index contributed by atoms with van der Waals surface area (Å²) in [5.41, 5.74) is 6.54. The highest BCUT2D eigenvalue weighted by Gasteiger charge is 2.36. The molecule has 0 spiro atoms. The van der Waals surface area contributed by atoms with Gasteiger partial charge in [-0.05, 0) is 38.6 Å². The molecule has 0 aliphatic carbocycles. The molecule has 1 aromatic heterocycles. The van der Waals surface area contributed by atoms with Gasteiger partial charge in [-0.1, -0.05) is 19.9 Å². The Bertz CT molecular complexity index is 375. The van der Waals surface area contributed by atoms with Crippen LogP contribution in [0.3, 0.4) is 0 Å². The minimum absolute atomic E-state index is 0.206. The first-order chi connectivity index (χ1) is 8.47. The summed E-state index contributed by atoms with van der Waals surface area (Å²) in [4.78, 5) is 6.18. The first kappa shape index (κ1) is 14.9. The second kappa shape index (κ2) is 6.16. The Balaban J connectivity index is 2.92. The Kier molecular flexibility index (Phi) is 5.11. The molecule has 0 saturated carbocycles. The number of nitrogens with two attached hydrogens (primary N) is 1. The van der Waals surface area contributed by atoms with Gasteiger partial charge in [-0.25, -0.2) is 4.98 Å². The monoisotopic (exact) mass is 251 g/mol. The maximum absolute atomic E-state index is 10.6. The van der Waals surface area contributed by atoms with Gasteiger partial charge < -0.3 is 15.7 Å². The first-order valence-corrected chi connectivity index (χ1v) is 6.52. The van der Waals surface area contributed by atoms with Gasteiger partial charge >= 0.3 is 0 Å². The SMILES string of the molecule is CCC(CC)(C(O)Cc1cccnc1N)N(C)C. The fourth-order valence-electron chi connectivity index (χ4n) is 2.67. The topological polar surface area (TPSA) is 62.4 Å². The smallest absolute Gasteiger partial charge is 0.126 e. The summed E-state index contributed by atoms with van der Waals surface area (Å²) in [7, 11) is 4.03. The van der Waals surface area contributed by atoms with E-state index in [1.165, 1.54) is 0 Å². The largest absolute Gasteiger partial charge is 0.391 e. The molecule has 102 valence electrons. The lowest BCUT2D eigenvalue weighted by Crippen LogP contribution is -2.53. The number of aliphatic hydroxyl groups excluding tert-OH is 1. The molecule has 0 aliphatic heterocycles. The van der Waals surface area contributed by atoms with Gasteiger partial charge in [-0.15, -0.1) is 0 Å². The Hall–Kier alpha value is -1.13. The molecule has 3 N–H and O–H groups in total. The van der Waals surface area contributed by atoms with Crippen molar-refractivity contribution in [1.29, 1.82) is 0 Å². The molecule has 0 saturated heterocycles. The Morgan fingerprint density at radius 1 is 1.39 bits per heavy atom. The molecule has 1 atom stereocenters. The average molecular weight is 251 g/mol. The Morgan fingerprint density at radius 2 is 2.00 bits per heavy atom. The summed E-state index contributed by atoms with van der Waals surface area (Å²) in [5, 5.41) is 10.6. The van der Waals surface area contributed by atoms with E-state index in [1.54, 1.807) is 6.20 Å². The minimum Gasteiger partial charge on any atom is -0.391 e. The minimum atomic E-state index is -0.450. The molecule has 0 amide bonds. The summed E-state index contributed by atoms with van der Waals surface area (Å²) < 4.78 is 0. The number of likely N-dealkylation sites (N-methyl/N-ethyl adjacent to an activating group) is 1. The average Bonchev–Trinajstić information content (AvgIpc) is 2.34. The van der Waals surface area contributed by atoms with Gasteiger partial charge in [-0.3, -0.25) is 0 Å². The second-order valence-corrected chi connectivity index (χ2v) is 4.97. The van der Waals surface area contributed by atoms with Gasteiger partial charge in [0.15, 0.2) is 0 Å². The quantitative estimate of drug-likeness (QED) is 0.807. The van der Waals surface area contributed by atoms with Crippen molar-refractivity contribution < 1.29 is 5.11 Å². The number of pyridine rings is 1. The van der Waals surface area contributed by atoms with Crippen molar-refractivity contribution in [3.8, 4) is 0 Å². The van der Waals surface area contributed by atoms with Crippen molar-refractivity contribution >= 4 is 5.82 Å². The van der Waals surface area contributed by atoms with Crippen LogP contribution in [0.2, 0.25) is 0 Å². The van der Waals surface area contributed by atoms with E-state index in [9.17, 15) is 5.11 Å². The number of nitrogens with zero attached hydrogens (tertiary/aromatic N) is 2. The van der Waals surface area contributed by atoms with E-state index in [0.29, 0.717) is 12.2 Å². The van der Waals surface area contributed by atoms with E-state index < -0.39 is 6.10 Å². The molecule has 0 fully saturated rings. The number of anilines is 1. The molecule has 0 bridgehead atoms. The fourth-order valence-corrected chi connectivity index (χ4v) is 2.67. The van der Waals surface area contributed by atoms with Gasteiger partial charge in [0, 0.05) is 18.2 Å². The first-order valence-electron chi connectivity index (χ1n) is 6.52. The van der Waals surface area contributed by atoms with Crippen LogP contribution in [-0.4, -0.2) is 40.7 Å². The van der Waals surface area contributed by atoms with Crippen molar-refractivity contribution in [3.63, 3.8) is 0 Å². The van der Waals surface area contributed by atoms with Crippen LogP contribution in [0.5, 0.6) is 0 Å². The maximum Gasteiger partial charge on any atom is 0.126 e. The van der Waals surface area contributed by atoms with Crippen LogP contribution >= 0.6 is 0 Å². The molecule has 1 aromatic rings. The highest BCUT2D eigenvalue weighted by Crippen LogP contribution is 2.28. The summed E-state index contributed by atoms with van der Waals surface area (Å²) >= 11 is 0. The molecular weight excluding hydrogens is 226 g/mol. The number of rotatable bonds is 6. The van der Waals surface area contributed by atoms with Crippen molar-refractivity contribution in [3.05, 3.63) is 23.9 Å². The molecule has 1 unspecified atom stereocenters. The zero-order valence-electron chi connectivity index (χ0n) is 11.8. The molecule has 1 heterocycles. The van der Waals surface area contributed by atoms with Crippen LogP contribution in [0.25, 0.3) is 0 Å². The number of hydrogen-bond acceptors (Lipinski definition) is 4. The number of nitrogen functional groups attached to an aromatic ring is 1. The number of hydrogen-bond donors (Lipinski definition) is 2. The van der Waals surface area contributed by atoms with E-state index in [4.69, 9.17) is 5.73 Å². The van der Waals surface area contributed by atoms with Crippen LogP contribution in [0.4, 0.5) is 5.82 Å². The zero-order valence-corrected chi connectivity index (χ0v) is 11.8.